The number of halogens is 7. The van der Waals surface area contributed by atoms with Crippen LogP contribution in [-0.2, 0) is 12.4 Å². The molecule has 0 aliphatic heterocycles. The molecule has 1 aromatic carbocycles. The van der Waals surface area contributed by atoms with Crippen LogP contribution in [0, 0.1) is 0 Å². The minimum Gasteiger partial charge on any atom is -0.299 e. The van der Waals surface area contributed by atoms with Crippen LogP contribution in [0.25, 0.3) is 0 Å². The highest BCUT2D eigenvalue weighted by atomic mass is 35.5. The molecule has 3 nitrogen and oxygen atoms in total. The summed E-state index contributed by atoms with van der Waals surface area (Å²) in [7, 11) is 0. The predicted molar refractivity (Wildman–Crippen MR) is 72.9 cm³/mol. The van der Waals surface area contributed by atoms with Gasteiger partial charge in [0.2, 0.25) is 0 Å². The summed E-state index contributed by atoms with van der Waals surface area (Å²) in [5.41, 5.74) is 2.16. The third kappa shape index (κ3) is 4.19. The van der Waals surface area contributed by atoms with Crippen LogP contribution in [0.5, 0.6) is 0 Å². The van der Waals surface area contributed by atoms with E-state index in [2.05, 4.69) is 15.8 Å². The van der Waals surface area contributed by atoms with Crippen LogP contribution >= 0.6 is 11.6 Å². The summed E-state index contributed by atoms with van der Waals surface area (Å²) in [6.45, 7) is 0. The molecule has 1 heterocycles. The number of hydrazine groups is 1. The summed E-state index contributed by atoms with van der Waals surface area (Å²) in [5.74, 6) is -0.239. The summed E-state index contributed by atoms with van der Waals surface area (Å²) in [6.07, 6.45) is -8.69. The number of rotatable bonds is 3. The number of alkyl halides is 6. The lowest BCUT2D eigenvalue weighted by Crippen LogP contribution is -2.16. The number of para-hydroxylation sites is 1. The zero-order valence-electron chi connectivity index (χ0n) is 11.1. The predicted octanol–water partition coefficient (Wildman–Crippen LogP) is 5.21. The highest BCUT2D eigenvalue weighted by molar-refractivity contribution is 6.33. The molecular formula is C13H8ClF6N3. The van der Waals surface area contributed by atoms with Crippen molar-refractivity contribution < 1.29 is 26.3 Å². The Hall–Kier alpha value is -2.16. The minimum absolute atomic E-state index is 0.239. The largest absolute Gasteiger partial charge is 0.418 e. The van der Waals surface area contributed by atoms with Crippen molar-refractivity contribution in [1.29, 1.82) is 0 Å². The Labute approximate surface area is 131 Å². The minimum atomic E-state index is -4.62. The molecule has 0 saturated carbocycles. The number of pyridine rings is 1. The molecule has 0 radical (unpaired) electrons. The van der Waals surface area contributed by atoms with E-state index >= 15 is 0 Å². The molecule has 2 rings (SSSR count). The standard InChI is InChI=1S/C13H8ClF6N3/c14-9-5-7(12(15,16)17)6-21-11(9)23-22-10-4-2-1-3-8(10)13(18,19)20/h1-6,22H,(H,21,23). The molecule has 1 aromatic heterocycles. The maximum Gasteiger partial charge on any atom is 0.418 e. The van der Waals surface area contributed by atoms with E-state index in [0.29, 0.717) is 12.3 Å². The summed E-state index contributed by atoms with van der Waals surface area (Å²) < 4.78 is 75.8. The van der Waals surface area contributed by atoms with Crippen LogP contribution in [0.15, 0.2) is 36.5 Å². The Kier molecular flexibility index (Phi) is 4.60. The van der Waals surface area contributed by atoms with Gasteiger partial charge in [-0.3, -0.25) is 10.9 Å². The molecule has 0 fully saturated rings. The summed E-state index contributed by atoms with van der Waals surface area (Å²) in [4.78, 5) is 3.44. The fraction of sp³-hybridized carbons (Fsp3) is 0.154. The van der Waals surface area contributed by atoms with Gasteiger partial charge in [-0.15, -0.1) is 0 Å². The van der Waals surface area contributed by atoms with Gasteiger partial charge in [0.25, 0.3) is 0 Å². The lowest BCUT2D eigenvalue weighted by Gasteiger charge is -2.16. The van der Waals surface area contributed by atoms with Crippen molar-refractivity contribution in [3.8, 4) is 0 Å². The van der Waals surface area contributed by atoms with Gasteiger partial charge in [-0.25, -0.2) is 4.98 Å². The van der Waals surface area contributed by atoms with Gasteiger partial charge in [-0.05, 0) is 18.2 Å². The molecule has 0 spiro atoms. The van der Waals surface area contributed by atoms with E-state index in [-0.39, 0.29) is 11.5 Å². The maximum absolute atomic E-state index is 12.8. The van der Waals surface area contributed by atoms with Crippen LogP contribution < -0.4 is 10.9 Å². The average Bonchev–Trinajstić information content (AvgIpc) is 2.44. The van der Waals surface area contributed by atoms with Gasteiger partial charge in [0.1, 0.15) is 0 Å². The van der Waals surface area contributed by atoms with Crippen molar-refractivity contribution >= 4 is 23.1 Å². The molecule has 0 unspecified atom stereocenters. The fourth-order valence-corrected chi connectivity index (χ4v) is 1.86. The van der Waals surface area contributed by atoms with E-state index in [9.17, 15) is 26.3 Å². The number of nitrogens with zero attached hydrogens (tertiary/aromatic N) is 1. The Bertz CT molecular complexity index is 699. The average molecular weight is 356 g/mol. The quantitative estimate of drug-likeness (QED) is 0.586. The first-order chi connectivity index (χ1) is 10.6. The van der Waals surface area contributed by atoms with E-state index in [1.54, 1.807) is 0 Å². The monoisotopic (exact) mass is 355 g/mol. The third-order valence-electron chi connectivity index (χ3n) is 2.72. The van der Waals surface area contributed by atoms with E-state index in [4.69, 9.17) is 11.6 Å². The van der Waals surface area contributed by atoms with Crippen molar-refractivity contribution in [3.63, 3.8) is 0 Å². The summed E-state index contributed by atoms with van der Waals surface area (Å²) in [5, 5.41) is -0.392. The summed E-state index contributed by atoms with van der Waals surface area (Å²) >= 11 is 5.64. The molecule has 2 aromatic rings. The van der Waals surface area contributed by atoms with E-state index in [1.807, 2.05) is 0 Å². The second-order valence-electron chi connectivity index (χ2n) is 4.35. The first kappa shape index (κ1) is 17.2. The number of anilines is 2. The van der Waals surface area contributed by atoms with Gasteiger partial charge in [-0.1, -0.05) is 23.7 Å². The molecule has 0 saturated heterocycles. The van der Waals surface area contributed by atoms with Crippen LogP contribution in [0.3, 0.4) is 0 Å². The number of aromatic nitrogens is 1. The van der Waals surface area contributed by atoms with Gasteiger partial charge in [-0.2, -0.15) is 26.3 Å². The van der Waals surface area contributed by atoms with E-state index < -0.39 is 28.5 Å². The Morgan fingerprint density at radius 1 is 0.913 bits per heavy atom. The van der Waals surface area contributed by atoms with Crippen LogP contribution in [0.1, 0.15) is 11.1 Å². The lowest BCUT2D eigenvalue weighted by atomic mass is 10.2. The van der Waals surface area contributed by atoms with Crippen LogP contribution in [0.2, 0.25) is 5.02 Å². The number of hydrogen-bond acceptors (Lipinski definition) is 3. The first-order valence-corrected chi connectivity index (χ1v) is 6.38. The summed E-state index contributed by atoms with van der Waals surface area (Å²) in [6, 6.07) is 5.19. The van der Waals surface area contributed by atoms with E-state index in [1.165, 1.54) is 12.1 Å². The highest BCUT2D eigenvalue weighted by Gasteiger charge is 2.33. The molecule has 0 amide bonds. The zero-order valence-corrected chi connectivity index (χ0v) is 11.8. The molecule has 124 valence electrons. The molecular weight excluding hydrogens is 348 g/mol. The second kappa shape index (κ2) is 6.15. The van der Waals surface area contributed by atoms with Crippen LogP contribution in [0.4, 0.5) is 37.8 Å². The van der Waals surface area contributed by atoms with Crippen molar-refractivity contribution in [3.05, 3.63) is 52.7 Å². The van der Waals surface area contributed by atoms with Gasteiger partial charge in [0, 0.05) is 6.20 Å². The lowest BCUT2D eigenvalue weighted by molar-refractivity contribution is -0.138. The second-order valence-corrected chi connectivity index (χ2v) is 4.75. The maximum atomic E-state index is 12.8. The normalized spacial score (nSPS) is 12.1. The highest BCUT2D eigenvalue weighted by Crippen LogP contribution is 2.35. The van der Waals surface area contributed by atoms with Gasteiger partial charge < -0.3 is 0 Å². The first-order valence-electron chi connectivity index (χ1n) is 6.00. The smallest absolute Gasteiger partial charge is 0.299 e. The number of nitrogens with one attached hydrogen (secondary N) is 2. The Morgan fingerprint density at radius 2 is 1.57 bits per heavy atom. The topological polar surface area (TPSA) is 37.0 Å². The van der Waals surface area contributed by atoms with Gasteiger partial charge in [0.05, 0.1) is 21.8 Å². The molecule has 10 heteroatoms. The third-order valence-corrected chi connectivity index (χ3v) is 3.00. The molecule has 0 aliphatic rings. The van der Waals surface area contributed by atoms with Gasteiger partial charge in [0.15, 0.2) is 5.82 Å². The van der Waals surface area contributed by atoms with Crippen molar-refractivity contribution in [2.75, 3.05) is 10.9 Å². The Balaban J connectivity index is 2.20. The number of hydrogen-bond donors (Lipinski definition) is 2. The van der Waals surface area contributed by atoms with Crippen molar-refractivity contribution in [1.82, 2.24) is 4.98 Å². The Morgan fingerprint density at radius 3 is 2.13 bits per heavy atom. The van der Waals surface area contributed by atoms with Crippen molar-refractivity contribution in [2.24, 2.45) is 0 Å². The molecule has 0 bridgehead atoms. The number of benzene rings is 1. The molecule has 23 heavy (non-hydrogen) atoms. The van der Waals surface area contributed by atoms with Crippen LogP contribution in [-0.4, -0.2) is 4.98 Å². The van der Waals surface area contributed by atoms with Gasteiger partial charge >= 0.3 is 12.4 Å². The fourth-order valence-electron chi connectivity index (χ4n) is 1.65. The molecule has 2 N–H and O–H groups in total. The SMILES string of the molecule is FC(F)(F)c1cnc(NNc2ccccc2C(F)(F)F)c(Cl)c1. The molecule has 0 atom stereocenters. The van der Waals surface area contributed by atoms with E-state index in [0.717, 1.165) is 12.1 Å². The zero-order chi connectivity index (χ0) is 17.3. The molecule has 0 aliphatic carbocycles. The van der Waals surface area contributed by atoms with Crippen molar-refractivity contribution in [2.45, 2.75) is 12.4 Å².